The second-order valence-electron chi connectivity index (χ2n) is 8.54. The predicted octanol–water partition coefficient (Wildman–Crippen LogP) is 7.05. The lowest BCUT2D eigenvalue weighted by atomic mass is 10.1. The van der Waals surface area contributed by atoms with Crippen LogP contribution in [0.2, 0.25) is 0 Å². The van der Waals surface area contributed by atoms with E-state index in [1.807, 2.05) is 0 Å². The highest BCUT2D eigenvalue weighted by Crippen LogP contribution is 2.50. The molecule has 9 nitrogen and oxygen atoms in total. The van der Waals surface area contributed by atoms with Gasteiger partial charge in [0.25, 0.3) is 5.69 Å². The monoisotopic (exact) mass is 574 g/mol. The molecule has 4 aromatic carbocycles. The Hall–Kier alpha value is -4.41. The first-order valence-corrected chi connectivity index (χ1v) is 13.3. The van der Waals surface area contributed by atoms with Gasteiger partial charge in [0.05, 0.1) is 4.92 Å². The van der Waals surface area contributed by atoms with E-state index in [2.05, 4.69) is 5.09 Å². The molecule has 0 bridgehead atoms. The number of alkyl halides is 3. The summed E-state index contributed by atoms with van der Waals surface area (Å²) < 4.78 is 71.7. The maximum absolute atomic E-state index is 14.0. The highest BCUT2D eigenvalue weighted by Gasteiger charge is 2.41. The first-order valence-electron chi connectivity index (χ1n) is 11.8. The zero-order valence-corrected chi connectivity index (χ0v) is 21.7. The van der Waals surface area contributed by atoms with Gasteiger partial charge in [0.2, 0.25) is 0 Å². The maximum atomic E-state index is 14.0. The van der Waals surface area contributed by atoms with Crippen molar-refractivity contribution in [1.29, 1.82) is 0 Å². The molecule has 0 fully saturated rings. The van der Waals surface area contributed by atoms with Gasteiger partial charge in [-0.2, -0.15) is 18.3 Å². The van der Waals surface area contributed by atoms with E-state index in [1.165, 1.54) is 13.0 Å². The molecule has 0 saturated heterocycles. The minimum Gasteiger partial charge on any atom is -0.460 e. The van der Waals surface area contributed by atoms with Crippen molar-refractivity contribution in [3.05, 3.63) is 112 Å². The van der Waals surface area contributed by atoms with Crippen LogP contribution < -0.4 is 14.1 Å². The number of nitro groups is 1. The van der Waals surface area contributed by atoms with Crippen molar-refractivity contribution in [2.24, 2.45) is 0 Å². The van der Waals surface area contributed by atoms with E-state index in [4.69, 9.17) is 13.8 Å². The van der Waals surface area contributed by atoms with E-state index < -0.39 is 47.9 Å². The molecule has 40 heavy (non-hydrogen) atoms. The summed E-state index contributed by atoms with van der Waals surface area (Å²) in [6.07, 6.45) is -5.11. The van der Waals surface area contributed by atoms with Crippen LogP contribution in [0, 0.1) is 10.1 Å². The van der Waals surface area contributed by atoms with Crippen molar-refractivity contribution in [2.45, 2.75) is 25.7 Å². The van der Waals surface area contributed by atoms with Gasteiger partial charge in [-0.1, -0.05) is 66.7 Å². The van der Waals surface area contributed by atoms with Gasteiger partial charge in [0.15, 0.2) is 0 Å². The van der Waals surface area contributed by atoms with Crippen molar-refractivity contribution in [3.8, 4) is 11.5 Å². The van der Waals surface area contributed by atoms with Crippen LogP contribution >= 0.6 is 7.75 Å². The van der Waals surface area contributed by atoms with Crippen molar-refractivity contribution < 1.29 is 41.2 Å². The fraction of sp³-hybridized carbons (Fsp3) is 0.148. The minimum atomic E-state index is -5.11. The first kappa shape index (κ1) is 28.6. The van der Waals surface area contributed by atoms with Gasteiger partial charge in [-0.25, -0.2) is 4.57 Å². The molecule has 208 valence electrons. The van der Waals surface area contributed by atoms with E-state index in [1.54, 1.807) is 66.7 Å². The zero-order valence-electron chi connectivity index (χ0n) is 20.8. The molecule has 0 aromatic heterocycles. The summed E-state index contributed by atoms with van der Waals surface area (Å²) in [6.45, 7) is 1.16. The molecule has 0 heterocycles. The lowest BCUT2D eigenvalue weighted by molar-refractivity contribution is -0.385. The predicted molar refractivity (Wildman–Crippen MR) is 140 cm³/mol. The third-order valence-corrected chi connectivity index (χ3v) is 7.17. The normalized spacial score (nSPS) is 13.7. The van der Waals surface area contributed by atoms with Crippen LogP contribution in [-0.4, -0.2) is 16.9 Å². The lowest BCUT2D eigenvalue weighted by Gasteiger charge is -2.25. The Labute approximate surface area is 226 Å². The lowest BCUT2D eigenvalue weighted by Crippen LogP contribution is -2.36. The number of benzene rings is 4. The quantitative estimate of drug-likeness (QED) is 0.0927. The molecule has 1 N–H and O–H groups in total. The third-order valence-electron chi connectivity index (χ3n) is 5.60. The van der Waals surface area contributed by atoms with Crippen LogP contribution in [0.5, 0.6) is 11.5 Å². The molecule has 4 rings (SSSR count). The fourth-order valence-electron chi connectivity index (χ4n) is 3.68. The number of hydrogen-bond donors (Lipinski definition) is 1. The topological polar surface area (TPSA) is 117 Å². The van der Waals surface area contributed by atoms with Crippen molar-refractivity contribution in [3.63, 3.8) is 0 Å². The summed E-state index contributed by atoms with van der Waals surface area (Å²) in [5.74, 6) is -1.89. The molecule has 0 amide bonds. The Kier molecular flexibility index (Phi) is 8.41. The number of fused-ring (bicyclic) bond motifs is 1. The van der Waals surface area contributed by atoms with Crippen LogP contribution in [0.3, 0.4) is 0 Å². The molecule has 0 saturated carbocycles. The van der Waals surface area contributed by atoms with E-state index in [0.717, 1.165) is 6.07 Å². The number of hydrogen-bond acceptors (Lipinski definition) is 7. The molecule has 13 heteroatoms. The summed E-state index contributed by atoms with van der Waals surface area (Å²) in [6, 6.07) is 20.6. The Bertz CT molecular complexity index is 1580. The van der Waals surface area contributed by atoms with E-state index in [9.17, 15) is 32.6 Å². The molecule has 2 atom stereocenters. The van der Waals surface area contributed by atoms with Gasteiger partial charge in [0, 0.05) is 17.5 Å². The molecule has 0 radical (unpaired) electrons. The second kappa shape index (κ2) is 11.8. The molecule has 1 unspecified atom stereocenters. The largest absolute Gasteiger partial charge is 0.513 e. The highest BCUT2D eigenvalue weighted by atomic mass is 31.2. The van der Waals surface area contributed by atoms with Crippen LogP contribution in [0.15, 0.2) is 91.0 Å². The summed E-state index contributed by atoms with van der Waals surface area (Å²) >= 11 is 0. The van der Waals surface area contributed by atoms with Crippen LogP contribution in [0.25, 0.3) is 10.8 Å². The number of nitrogens with zero attached hydrogens (tertiary/aromatic N) is 1. The fourth-order valence-corrected chi connectivity index (χ4v) is 5.24. The number of carbonyl (C=O) groups excluding carboxylic acids is 1. The first-order chi connectivity index (χ1) is 18.9. The van der Waals surface area contributed by atoms with Gasteiger partial charge in [-0.15, -0.1) is 0 Å². The van der Waals surface area contributed by atoms with Gasteiger partial charge in [0.1, 0.15) is 29.7 Å². The van der Waals surface area contributed by atoms with E-state index >= 15 is 0 Å². The molecule has 0 aliphatic carbocycles. The minimum absolute atomic E-state index is 0.00532. The standard InChI is InChI=1S/C27H22F3N2O7P/c1-18(26(33)37-17-19-8-3-2-4-9-19)31-40(36,38-24-13-7-11-20-10-5-6-12-22(20)24)39-25-15-14-21(32(34)35)16-23(25)27(28,29)30/h2-16,18H,17H2,1H3,(H,31,36)/t18-,40?/m0/s1. The Morgan fingerprint density at radius 1 is 0.950 bits per heavy atom. The second-order valence-corrected chi connectivity index (χ2v) is 10.2. The zero-order chi connectivity index (χ0) is 28.9. The van der Waals surface area contributed by atoms with Crippen molar-refractivity contribution >= 4 is 30.2 Å². The van der Waals surface area contributed by atoms with Crippen LogP contribution in [0.1, 0.15) is 18.1 Å². The van der Waals surface area contributed by atoms with Crippen molar-refractivity contribution in [1.82, 2.24) is 5.09 Å². The van der Waals surface area contributed by atoms with Gasteiger partial charge in [-0.3, -0.25) is 14.9 Å². The van der Waals surface area contributed by atoms with Gasteiger partial charge < -0.3 is 13.8 Å². The summed E-state index contributed by atoms with van der Waals surface area (Å²) in [7, 11) is -4.83. The molecule has 0 aliphatic rings. The number of carbonyl (C=O) groups is 1. The summed E-state index contributed by atoms with van der Waals surface area (Å²) in [5.41, 5.74) is -1.73. The van der Waals surface area contributed by atoms with E-state index in [-0.39, 0.29) is 18.4 Å². The molecular weight excluding hydrogens is 552 g/mol. The van der Waals surface area contributed by atoms with Gasteiger partial charge in [-0.05, 0) is 30.0 Å². The number of nitro benzene ring substituents is 1. The van der Waals surface area contributed by atoms with E-state index in [0.29, 0.717) is 22.4 Å². The smallest absolute Gasteiger partial charge is 0.460 e. The average Bonchev–Trinajstić information content (AvgIpc) is 2.91. The summed E-state index contributed by atoms with van der Waals surface area (Å²) in [4.78, 5) is 22.8. The Balaban J connectivity index is 1.68. The van der Waals surface area contributed by atoms with Crippen molar-refractivity contribution in [2.75, 3.05) is 0 Å². The number of ether oxygens (including phenoxy) is 1. The molecule has 0 aliphatic heterocycles. The Morgan fingerprint density at radius 2 is 1.60 bits per heavy atom. The van der Waals surface area contributed by atoms with Gasteiger partial charge >= 0.3 is 19.9 Å². The third kappa shape index (κ3) is 6.96. The highest BCUT2D eigenvalue weighted by molar-refractivity contribution is 7.52. The molecule has 4 aromatic rings. The SMILES string of the molecule is C[C@H](NP(=O)(Oc1ccc([N+](=O)[O-])cc1C(F)(F)F)Oc1cccc2ccccc12)C(=O)OCc1ccccc1. The maximum Gasteiger partial charge on any atom is 0.513 e. The number of halogens is 3. The number of esters is 1. The molecular formula is C27H22F3N2O7P. The number of non-ortho nitro benzene ring substituents is 1. The summed E-state index contributed by atoms with van der Waals surface area (Å²) in [5, 5.41) is 14.6. The average molecular weight is 574 g/mol. The van der Waals surface area contributed by atoms with Crippen LogP contribution in [-0.2, 0) is 26.9 Å². The number of rotatable bonds is 10. The molecule has 0 spiro atoms. The number of nitrogens with one attached hydrogen (secondary N) is 1. The Morgan fingerprint density at radius 3 is 2.30 bits per heavy atom. The van der Waals surface area contributed by atoms with Crippen LogP contribution in [0.4, 0.5) is 18.9 Å².